The van der Waals surface area contributed by atoms with Crippen LogP contribution >= 0.6 is 11.6 Å². The van der Waals surface area contributed by atoms with E-state index in [4.69, 9.17) is 16.3 Å². The number of ether oxygens (including phenoxy) is 1. The molecule has 1 aliphatic heterocycles. The predicted octanol–water partition coefficient (Wildman–Crippen LogP) is 3.24. The second kappa shape index (κ2) is 7.09. The van der Waals surface area contributed by atoms with Gasteiger partial charge in [-0.25, -0.2) is 0 Å². The highest BCUT2D eigenvalue weighted by Gasteiger charge is 2.50. The van der Waals surface area contributed by atoms with Gasteiger partial charge in [-0.2, -0.15) is 0 Å². The molecular formula is C20H20ClNO4. The van der Waals surface area contributed by atoms with Crippen LogP contribution in [0.4, 0.5) is 5.69 Å². The standard InChI is InChI=1S/C20H20ClNO4/c1-13-4-3-5-17-18(13)22(19(24)20(17,25)12-14(2)23)10-11-26-16-8-6-15(21)7-9-16/h3-9,25H,10-12H2,1-2H3. The zero-order valence-electron chi connectivity index (χ0n) is 14.7. The molecule has 0 radical (unpaired) electrons. The van der Waals surface area contributed by atoms with Gasteiger partial charge in [0.05, 0.1) is 12.2 Å². The molecule has 1 aliphatic rings. The number of fused-ring (bicyclic) bond motifs is 1. The second-order valence-corrected chi connectivity index (χ2v) is 6.91. The molecule has 3 rings (SSSR count). The lowest BCUT2D eigenvalue weighted by molar-refractivity contribution is -0.141. The third kappa shape index (κ3) is 3.32. The highest BCUT2D eigenvalue weighted by Crippen LogP contribution is 2.44. The average molecular weight is 374 g/mol. The number of hydrogen-bond donors (Lipinski definition) is 1. The Hall–Kier alpha value is -2.37. The first-order valence-electron chi connectivity index (χ1n) is 8.35. The minimum Gasteiger partial charge on any atom is -0.492 e. The maximum absolute atomic E-state index is 12.9. The lowest BCUT2D eigenvalue weighted by Gasteiger charge is -2.22. The first-order chi connectivity index (χ1) is 12.3. The molecular weight excluding hydrogens is 354 g/mol. The summed E-state index contributed by atoms with van der Waals surface area (Å²) in [6.07, 6.45) is -0.239. The topological polar surface area (TPSA) is 66.8 Å². The Kier molecular flexibility index (Phi) is 5.03. The summed E-state index contributed by atoms with van der Waals surface area (Å²) in [6, 6.07) is 12.3. The van der Waals surface area contributed by atoms with Gasteiger partial charge in [0.2, 0.25) is 0 Å². The van der Waals surface area contributed by atoms with Gasteiger partial charge in [-0.1, -0.05) is 29.8 Å². The highest BCUT2D eigenvalue weighted by atomic mass is 35.5. The van der Waals surface area contributed by atoms with Crippen LogP contribution in [0.15, 0.2) is 42.5 Å². The summed E-state index contributed by atoms with van der Waals surface area (Å²) in [5.74, 6) is -0.0886. The number of anilines is 1. The Labute approximate surface area is 157 Å². The first kappa shape index (κ1) is 18.4. The third-order valence-electron chi connectivity index (χ3n) is 4.45. The van der Waals surface area contributed by atoms with Crippen LogP contribution in [-0.4, -0.2) is 29.9 Å². The van der Waals surface area contributed by atoms with Gasteiger partial charge in [-0.3, -0.25) is 9.59 Å². The number of nitrogens with zero attached hydrogens (tertiary/aromatic N) is 1. The molecule has 1 heterocycles. The highest BCUT2D eigenvalue weighted by molar-refractivity contribution is 6.30. The van der Waals surface area contributed by atoms with E-state index in [-0.39, 0.29) is 25.4 Å². The molecule has 0 fully saturated rings. The normalized spacial score (nSPS) is 18.8. The molecule has 6 heteroatoms. The SMILES string of the molecule is CC(=O)CC1(O)C(=O)N(CCOc2ccc(Cl)cc2)c2c(C)cccc21. The minimum absolute atomic E-state index is 0.239. The van der Waals surface area contributed by atoms with Gasteiger partial charge >= 0.3 is 0 Å². The van der Waals surface area contributed by atoms with E-state index in [0.29, 0.717) is 22.0 Å². The molecule has 1 unspecified atom stereocenters. The Morgan fingerprint density at radius 2 is 1.92 bits per heavy atom. The molecule has 0 bridgehead atoms. The van der Waals surface area contributed by atoms with Crippen LogP contribution in [0.3, 0.4) is 0 Å². The van der Waals surface area contributed by atoms with Gasteiger partial charge in [0.15, 0.2) is 5.60 Å². The first-order valence-corrected chi connectivity index (χ1v) is 8.73. The molecule has 1 atom stereocenters. The Morgan fingerprint density at radius 3 is 2.58 bits per heavy atom. The third-order valence-corrected chi connectivity index (χ3v) is 4.71. The van der Waals surface area contributed by atoms with Crippen molar-refractivity contribution in [1.29, 1.82) is 0 Å². The number of halogens is 1. The van der Waals surface area contributed by atoms with Crippen molar-refractivity contribution >= 4 is 29.0 Å². The number of para-hydroxylation sites is 1. The van der Waals surface area contributed by atoms with Gasteiger partial charge in [0, 0.05) is 17.0 Å². The average Bonchev–Trinajstić information content (AvgIpc) is 2.79. The van der Waals surface area contributed by atoms with Crippen LogP contribution in [-0.2, 0) is 15.2 Å². The lowest BCUT2D eigenvalue weighted by atomic mass is 9.89. The number of Topliss-reactive ketones (excluding diaryl/α,β-unsaturated/α-hetero) is 1. The molecule has 136 valence electrons. The quantitative estimate of drug-likeness (QED) is 0.844. The van der Waals surface area contributed by atoms with E-state index in [0.717, 1.165) is 5.56 Å². The van der Waals surface area contributed by atoms with Crippen LogP contribution in [0.1, 0.15) is 24.5 Å². The van der Waals surface area contributed by atoms with Crippen LogP contribution < -0.4 is 9.64 Å². The van der Waals surface area contributed by atoms with E-state index in [1.165, 1.54) is 11.8 Å². The summed E-state index contributed by atoms with van der Waals surface area (Å²) >= 11 is 5.85. The number of rotatable bonds is 6. The number of carbonyl (C=O) groups is 2. The Bertz CT molecular complexity index is 849. The fraction of sp³-hybridized carbons (Fsp3) is 0.300. The van der Waals surface area contributed by atoms with E-state index in [2.05, 4.69) is 0 Å². The van der Waals surface area contributed by atoms with Crippen molar-refractivity contribution in [1.82, 2.24) is 0 Å². The predicted molar refractivity (Wildman–Crippen MR) is 99.7 cm³/mol. The van der Waals surface area contributed by atoms with Gasteiger partial charge in [-0.05, 0) is 43.7 Å². The molecule has 1 amide bonds. The Balaban J connectivity index is 1.82. The van der Waals surface area contributed by atoms with Crippen molar-refractivity contribution in [2.45, 2.75) is 25.9 Å². The molecule has 0 aliphatic carbocycles. The van der Waals surface area contributed by atoms with E-state index >= 15 is 0 Å². The van der Waals surface area contributed by atoms with Crippen LogP contribution in [0.2, 0.25) is 5.02 Å². The van der Waals surface area contributed by atoms with Crippen molar-refractivity contribution in [3.05, 3.63) is 58.6 Å². The number of carbonyl (C=O) groups excluding carboxylic acids is 2. The number of amides is 1. The van der Waals surface area contributed by atoms with Gasteiger partial charge in [0.25, 0.3) is 5.91 Å². The van der Waals surface area contributed by atoms with Crippen molar-refractivity contribution in [3.63, 3.8) is 0 Å². The van der Waals surface area contributed by atoms with E-state index in [1.807, 2.05) is 13.0 Å². The number of aliphatic hydroxyl groups is 1. The van der Waals surface area contributed by atoms with Crippen molar-refractivity contribution in [2.24, 2.45) is 0 Å². The molecule has 0 saturated heterocycles. The number of aryl methyl sites for hydroxylation is 1. The minimum atomic E-state index is -1.81. The van der Waals surface area contributed by atoms with Crippen LogP contribution in [0, 0.1) is 6.92 Å². The second-order valence-electron chi connectivity index (χ2n) is 6.47. The largest absolute Gasteiger partial charge is 0.492 e. The van der Waals surface area contributed by atoms with Gasteiger partial charge in [0.1, 0.15) is 18.1 Å². The van der Waals surface area contributed by atoms with Crippen molar-refractivity contribution in [2.75, 3.05) is 18.1 Å². The fourth-order valence-corrected chi connectivity index (χ4v) is 3.45. The lowest BCUT2D eigenvalue weighted by Crippen LogP contribution is -2.43. The van der Waals surface area contributed by atoms with Crippen molar-refractivity contribution in [3.8, 4) is 5.75 Å². The summed E-state index contributed by atoms with van der Waals surface area (Å²) in [5.41, 5.74) is 0.181. The number of hydrogen-bond acceptors (Lipinski definition) is 4. The smallest absolute Gasteiger partial charge is 0.264 e. The number of benzene rings is 2. The summed E-state index contributed by atoms with van der Waals surface area (Å²) in [4.78, 5) is 26.0. The summed E-state index contributed by atoms with van der Waals surface area (Å²) in [5, 5.41) is 11.6. The summed E-state index contributed by atoms with van der Waals surface area (Å²) in [6.45, 7) is 3.75. The summed E-state index contributed by atoms with van der Waals surface area (Å²) in [7, 11) is 0. The maximum Gasteiger partial charge on any atom is 0.264 e. The summed E-state index contributed by atoms with van der Waals surface area (Å²) < 4.78 is 5.67. The van der Waals surface area contributed by atoms with Crippen LogP contribution in [0.25, 0.3) is 0 Å². The van der Waals surface area contributed by atoms with Crippen molar-refractivity contribution < 1.29 is 19.4 Å². The molecule has 0 spiro atoms. The van der Waals surface area contributed by atoms with E-state index < -0.39 is 11.5 Å². The monoisotopic (exact) mass is 373 g/mol. The zero-order chi connectivity index (χ0) is 18.9. The zero-order valence-corrected chi connectivity index (χ0v) is 15.4. The van der Waals surface area contributed by atoms with Gasteiger partial charge < -0.3 is 14.7 Å². The Morgan fingerprint density at radius 1 is 1.23 bits per heavy atom. The molecule has 0 aromatic heterocycles. The fourth-order valence-electron chi connectivity index (χ4n) is 3.32. The molecule has 0 saturated carbocycles. The molecule has 5 nitrogen and oxygen atoms in total. The molecule has 1 N–H and O–H groups in total. The molecule has 2 aromatic carbocycles. The van der Waals surface area contributed by atoms with Crippen LogP contribution in [0.5, 0.6) is 5.75 Å². The van der Waals surface area contributed by atoms with E-state index in [9.17, 15) is 14.7 Å². The maximum atomic E-state index is 12.9. The molecule has 26 heavy (non-hydrogen) atoms. The number of ketones is 1. The van der Waals surface area contributed by atoms with Gasteiger partial charge in [-0.15, -0.1) is 0 Å². The molecule has 2 aromatic rings. The van der Waals surface area contributed by atoms with E-state index in [1.54, 1.807) is 36.4 Å².